The number of carbonyl (C=O) groups is 2. The highest BCUT2D eigenvalue weighted by atomic mass is 16.2. The van der Waals surface area contributed by atoms with Gasteiger partial charge >= 0.3 is 0 Å². The molecule has 3 aromatic carbocycles. The lowest BCUT2D eigenvalue weighted by Gasteiger charge is -2.28. The third-order valence-electron chi connectivity index (χ3n) is 7.96. The molecule has 2 saturated heterocycles. The minimum atomic E-state index is -0.442. The maximum Gasteiger partial charge on any atom is 0.254 e. The molecule has 0 radical (unpaired) electrons. The first kappa shape index (κ1) is 24.3. The van der Waals surface area contributed by atoms with Crippen LogP contribution in [0.2, 0.25) is 0 Å². The van der Waals surface area contributed by atoms with E-state index in [0.717, 1.165) is 18.5 Å². The fourth-order valence-corrected chi connectivity index (χ4v) is 5.70. The normalized spacial score (nSPS) is 22.6. The average Bonchev–Trinajstić information content (AvgIpc) is 3.61. The minimum absolute atomic E-state index is 0.0595. The van der Waals surface area contributed by atoms with Gasteiger partial charge in [-0.1, -0.05) is 72.8 Å². The van der Waals surface area contributed by atoms with Gasteiger partial charge in [0.25, 0.3) is 5.91 Å². The van der Waals surface area contributed by atoms with Crippen molar-refractivity contribution in [3.05, 3.63) is 107 Å². The van der Waals surface area contributed by atoms with Crippen LogP contribution in [0.5, 0.6) is 0 Å². The molecule has 0 aromatic heterocycles. The number of nitrogens with one attached hydrogen (secondary N) is 1. The van der Waals surface area contributed by atoms with Gasteiger partial charge in [-0.25, -0.2) is 0 Å². The SMILES string of the molecule is CN[C@H](C)c1cccc(C(=O)N2C[C@@H](c3ccccc3)C[C@H]2C(=O)N2CC[C@H](c3ccccc3)C2)c1. The van der Waals surface area contributed by atoms with E-state index >= 15 is 0 Å². The first-order chi connectivity index (χ1) is 17.5. The molecule has 186 valence electrons. The second-order valence-corrected chi connectivity index (χ2v) is 10.1. The van der Waals surface area contributed by atoms with Gasteiger partial charge in [0.15, 0.2) is 0 Å². The fourth-order valence-electron chi connectivity index (χ4n) is 5.70. The Morgan fingerprint density at radius 2 is 1.53 bits per heavy atom. The highest BCUT2D eigenvalue weighted by Crippen LogP contribution is 2.36. The van der Waals surface area contributed by atoms with Crippen molar-refractivity contribution in [2.24, 2.45) is 0 Å². The molecule has 5 nitrogen and oxygen atoms in total. The molecule has 3 aromatic rings. The van der Waals surface area contributed by atoms with Crippen molar-refractivity contribution in [3.8, 4) is 0 Å². The van der Waals surface area contributed by atoms with Gasteiger partial charge in [0.05, 0.1) is 0 Å². The molecule has 2 fully saturated rings. The van der Waals surface area contributed by atoms with E-state index in [1.54, 1.807) is 0 Å². The summed E-state index contributed by atoms with van der Waals surface area (Å²) in [6.07, 6.45) is 1.62. The number of carbonyl (C=O) groups excluding carboxylic acids is 2. The fraction of sp³-hybridized carbons (Fsp3) is 0.355. The Bertz CT molecular complexity index is 1200. The van der Waals surface area contributed by atoms with E-state index in [-0.39, 0.29) is 23.8 Å². The molecule has 5 rings (SSSR count). The van der Waals surface area contributed by atoms with Crippen LogP contribution in [0.3, 0.4) is 0 Å². The third kappa shape index (κ3) is 4.93. The molecule has 5 heteroatoms. The number of likely N-dealkylation sites (tertiary alicyclic amines) is 2. The van der Waals surface area contributed by atoms with Crippen molar-refractivity contribution < 1.29 is 9.59 Å². The van der Waals surface area contributed by atoms with E-state index < -0.39 is 6.04 Å². The molecule has 2 aliphatic heterocycles. The van der Waals surface area contributed by atoms with Gasteiger partial charge in [-0.05, 0) is 55.6 Å². The lowest BCUT2D eigenvalue weighted by Crippen LogP contribution is -2.47. The number of amides is 2. The summed E-state index contributed by atoms with van der Waals surface area (Å²) in [5.41, 5.74) is 4.18. The minimum Gasteiger partial charge on any atom is -0.340 e. The third-order valence-corrected chi connectivity index (χ3v) is 7.96. The van der Waals surface area contributed by atoms with E-state index in [2.05, 4.69) is 48.6 Å². The first-order valence-electron chi connectivity index (χ1n) is 13.0. The van der Waals surface area contributed by atoms with Gasteiger partial charge in [0.2, 0.25) is 5.91 Å². The van der Waals surface area contributed by atoms with E-state index in [0.29, 0.717) is 31.0 Å². The lowest BCUT2D eigenvalue weighted by atomic mass is 9.96. The van der Waals surface area contributed by atoms with Crippen LogP contribution in [-0.4, -0.2) is 54.3 Å². The lowest BCUT2D eigenvalue weighted by molar-refractivity contribution is -0.134. The van der Waals surface area contributed by atoms with Gasteiger partial charge in [-0.3, -0.25) is 9.59 Å². The van der Waals surface area contributed by atoms with Gasteiger partial charge in [-0.2, -0.15) is 0 Å². The van der Waals surface area contributed by atoms with Crippen LogP contribution < -0.4 is 5.32 Å². The van der Waals surface area contributed by atoms with Crippen LogP contribution in [0.15, 0.2) is 84.9 Å². The van der Waals surface area contributed by atoms with Crippen LogP contribution >= 0.6 is 0 Å². The molecule has 0 saturated carbocycles. The molecule has 0 bridgehead atoms. The second kappa shape index (κ2) is 10.7. The van der Waals surface area contributed by atoms with E-state index in [1.807, 2.05) is 65.4 Å². The average molecular weight is 482 g/mol. The summed E-state index contributed by atoms with van der Waals surface area (Å²) in [6, 6.07) is 28.2. The summed E-state index contributed by atoms with van der Waals surface area (Å²) in [4.78, 5) is 31.5. The Kier molecular flexibility index (Phi) is 7.19. The number of benzene rings is 3. The molecule has 0 aliphatic carbocycles. The van der Waals surface area contributed by atoms with Crippen molar-refractivity contribution in [3.63, 3.8) is 0 Å². The highest BCUT2D eigenvalue weighted by molar-refractivity contribution is 5.98. The predicted octanol–water partition coefficient (Wildman–Crippen LogP) is 4.98. The van der Waals surface area contributed by atoms with Crippen molar-refractivity contribution in [1.29, 1.82) is 0 Å². The quantitative estimate of drug-likeness (QED) is 0.540. The number of nitrogens with zero attached hydrogens (tertiary/aromatic N) is 2. The van der Waals surface area contributed by atoms with Gasteiger partial charge in [0, 0.05) is 43.1 Å². The molecule has 1 N–H and O–H groups in total. The molecular weight excluding hydrogens is 446 g/mol. The molecule has 0 unspecified atom stereocenters. The van der Waals surface area contributed by atoms with Gasteiger partial charge in [0.1, 0.15) is 6.04 Å². The molecular formula is C31H35N3O2. The predicted molar refractivity (Wildman–Crippen MR) is 143 cm³/mol. The van der Waals surface area contributed by atoms with Crippen LogP contribution in [-0.2, 0) is 4.79 Å². The van der Waals surface area contributed by atoms with Crippen molar-refractivity contribution in [2.75, 3.05) is 26.7 Å². The molecule has 2 amide bonds. The monoisotopic (exact) mass is 481 g/mol. The molecule has 0 spiro atoms. The number of hydrogen-bond donors (Lipinski definition) is 1. The summed E-state index contributed by atoms with van der Waals surface area (Å²) in [5, 5.41) is 3.24. The highest BCUT2D eigenvalue weighted by Gasteiger charge is 2.43. The Labute approximate surface area is 214 Å². The zero-order chi connectivity index (χ0) is 25.1. The maximum absolute atomic E-state index is 13.9. The van der Waals surface area contributed by atoms with Crippen LogP contribution in [0.4, 0.5) is 0 Å². The smallest absolute Gasteiger partial charge is 0.254 e. The van der Waals surface area contributed by atoms with Crippen LogP contribution in [0.1, 0.15) is 64.7 Å². The van der Waals surface area contributed by atoms with E-state index in [1.165, 1.54) is 11.1 Å². The molecule has 36 heavy (non-hydrogen) atoms. The Morgan fingerprint density at radius 1 is 0.861 bits per heavy atom. The van der Waals surface area contributed by atoms with Gasteiger partial charge < -0.3 is 15.1 Å². The van der Waals surface area contributed by atoms with Crippen molar-refractivity contribution >= 4 is 11.8 Å². The van der Waals surface area contributed by atoms with E-state index in [9.17, 15) is 9.59 Å². The summed E-state index contributed by atoms with van der Waals surface area (Å²) in [5.74, 6) is 0.525. The zero-order valence-corrected chi connectivity index (χ0v) is 21.1. The van der Waals surface area contributed by atoms with Crippen molar-refractivity contribution in [2.45, 2.75) is 43.7 Å². The summed E-state index contributed by atoms with van der Waals surface area (Å²) in [7, 11) is 1.91. The van der Waals surface area contributed by atoms with Crippen molar-refractivity contribution in [1.82, 2.24) is 15.1 Å². The van der Waals surface area contributed by atoms with Gasteiger partial charge in [-0.15, -0.1) is 0 Å². The Balaban J connectivity index is 1.39. The second-order valence-electron chi connectivity index (χ2n) is 10.1. The van der Waals surface area contributed by atoms with E-state index in [4.69, 9.17) is 0 Å². The summed E-state index contributed by atoms with van der Waals surface area (Å²) in [6.45, 7) is 4.09. The Hall–Kier alpha value is -3.44. The first-order valence-corrected chi connectivity index (χ1v) is 13.0. The maximum atomic E-state index is 13.9. The number of hydrogen-bond acceptors (Lipinski definition) is 3. The molecule has 2 aliphatic rings. The zero-order valence-electron chi connectivity index (χ0n) is 21.1. The number of rotatable bonds is 6. The largest absolute Gasteiger partial charge is 0.340 e. The topological polar surface area (TPSA) is 52.7 Å². The Morgan fingerprint density at radius 3 is 2.19 bits per heavy atom. The van der Waals surface area contributed by atoms with Crippen LogP contribution in [0, 0.1) is 0 Å². The standard InChI is InChI=1S/C31H35N3O2/c1-22(32-2)25-14-9-15-26(18-25)30(35)34-21-28(24-12-7-4-8-13-24)19-29(34)31(36)33-17-16-27(20-33)23-10-5-3-6-11-23/h3-15,18,22,27-29,32H,16-17,19-21H2,1-2H3/t22-,27+,28+,29+/m1/s1. The summed E-state index contributed by atoms with van der Waals surface area (Å²) < 4.78 is 0. The molecule has 2 heterocycles. The molecule has 4 atom stereocenters. The van der Waals surface area contributed by atoms with Crippen LogP contribution in [0.25, 0.3) is 0 Å². The summed E-state index contributed by atoms with van der Waals surface area (Å²) >= 11 is 0.